The van der Waals surface area contributed by atoms with E-state index in [-0.39, 0.29) is 17.7 Å². The molecule has 0 fully saturated rings. The Kier molecular flexibility index (Phi) is 4.41. The number of benzene rings is 1. The maximum atomic E-state index is 13.7. The van der Waals surface area contributed by atoms with Gasteiger partial charge in [0, 0.05) is 25.4 Å². The van der Waals surface area contributed by atoms with E-state index in [1.807, 2.05) is 10.8 Å². The maximum absolute atomic E-state index is 13.7. The summed E-state index contributed by atoms with van der Waals surface area (Å²) in [7, 11) is 0. The monoisotopic (exact) mass is 314 g/mol. The first-order chi connectivity index (χ1) is 11.2. The fourth-order valence-corrected chi connectivity index (χ4v) is 2.12. The van der Waals surface area contributed by atoms with Crippen LogP contribution in [-0.4, -0.2) is 30.6 Å². The van der Waals surface area contributed by atoms with Crippen LogP contribution in [0.25, 0.3) is 11.4 Å². The Morgan fingerprint density at radius 2 is 2.22 bits per heavy atom. The van der Waals surface area contributed by atoms with Gasteiger partial charge in [-0.1, -0.05) is 12.1 Å². The summed E-state index contributed by atoms with van der Waals surface area (Å²) in [5, 5.41) is 9.09. The highest BCUT2D eigenvalue weighted by atomic mass is 19.1. The number of nitrogens with zero attached hydrogens (tertiary/aromatic N) is 4. The number of carbonyl (C=O) groups is 1. The molecular formula is C15H15FN6O. The van der Waals surface area contributed by atoms with E-state index in [0.29, 0.717) is 24.9 Å². The number of amides is 1. The second kappa shape index (κ2) is 6.82. The van der Waals surface area contributed by atoms with E-state index < -0.39 is 5.82 Å². The summed E-state index contributed by atoms with van der Waals surface area (Å²) in [5.74, 6) is -0.182. The topological polar surface area (TPSA) is 88.5 Å². The van der Waals surface area contributed by atoms with Gasteiger partial charge < -0.3 is 4.57 Å². The van der Waals surface area contributed by atoms with Crippen LogP contribution in [0.3, 0.4) is 0 Å². The Balaban J connectivity index is 1.54. The second-order valence-corrected chi connectivity index (χ2v) is 4.94. The van der Waals surface area contributed by atoms with Gasteiger partial charge in [0.2, 0.25) is 11.9 Å². The molecule has 23 heavy (non-hydrogen) atoms. The third-order valence-corrected chi connectivity index (χ3v) is 3.24. The molecule has 0 aliphatic heterocycles. The highest BCUT2D eigenvalue weighted by molar-refractivity contribution is 5.89. The molecule has 0 aliphatic rings. The standard InChI is InChI=1S/C15H15FN6O/c16-12-5-2-1-4-11(12)14-19-15(21-20-14)18-13(23)6-3-8-22-9-7-17-10-22/h1-2,4-5,7,9-10H,3,6,8H2,(H2,18,19,20,21,23). The van der Waals surface area contributed by atoms with E-state index >= 15 is 0 Å². The third kappa shape index (κ3) is 3.79. The second-order valence-electron chi connectivity index (χ2n) is 4.94. The number of nitrogens with one attached hydrogen (secondary N) is 2. The summed E-state index contributed by atoms with van der Waals surface area (Å²) >= 11 is 0. The summed E-state index contributed by atoms with van der Waals surface area (Å²) in [5.41, 5.74) is 0.306. The van der Waals surface area contributed by atoms with Gasteiger partial charge in [0.15, 0.2) is 5.82 Å². The van der Waals surface area contributed by atoms with Crippen LogP contribution < -0.4 is 5.32 Å². The van der Waals surface area contributed by atoms with Gasteiger partial charge in [0.05, 0.1) is 11.9 Å². The number of H-pyrrole nitrogens is 1. The van der Waals surface area contributed by atoms with Gasteiger partial charge in [-0.25, -0.2) is 9.37 Å². The Morgan fingerprint density at radius 1 is 1.35 bits per heavy atom. The number of halogens is 1. The van der Waals surface area contributed by atoms with Gasteiger partial charge in [0.25, 0.3) is 0 Å². The number of hydrogen-bond acceptors (Lipinski definition) is 4. The summed E-state index contributed by atoms with van der Waals surface area (Å²) in [6.45, 7) is 0.710. The predicted octanol–water partition coefficient (Wildman–Crippen LogP) is 2.23. The molecule has 0 saturated carbocycles. The Hall–Kier alpha value is -3.03. The molecule has 118 valence electrons. The van der Waals surface area contributed by atoms with E-state index in [2.05, 4.69) is 25.5 Å². The molecule has 2 N–H and O–H groups in total. The normalized spacial score (nSPS) is 10.7. The lowest BCUT2D eigenvalue weighted by atomic mass is 10.2. The molecule has 0 unspecified atom stereocenters. The molecular weight excluding hydrogens is 299 g/mol. The minimum atomic E-state index is -0.401. The van der Waals surface area contributed by atoms with E-state index in [1.54, 1.807) is 30.7 Å². The van der Waals surface area contributed by atoms with Gasteiger partial charge in [-0.15, -0.1) is 5.10 Å². The van der Waals surface area contributed by atoms with Crippen LogP contribution in [-0.2, 0) is 11.3 Å². The van der Waals surface area contributed by atoms with Crippen molar-refractivity contribution in [3.05, 3.63) is 48.8 Å². The van der Waals surface area contributed by atoms with Crippen molar-refractivity contribution in [1.82, 2.24) is 24.7 Å². The van der Waals surface area contributed by atoms with Crippen LogP contribution in [0.4, 0.5) is 10.3 Å². The van der Waals surface area contributed by atoms with Crippen molar-refractivity contribution in [3.63, 3.8) is 0 Å². The molecule has 2 aromatic heterocycles. The Labute approximate surface area is 131 Å². The highest BCUT2D eigenvalue weighted by Gasteiger charge is 2.11. The van der Waals surface area contributed by atoms with Crippen LogP contribution >= 0.6 is 0 Å². The van der Waals surface area contributed by atoms with Crippen molar-refractivity contribution in [1.29, 1.82) is 0 Å². The maximum Gasteiger partial charge on any atom is 0.249 e. The molecule has 1 amide bonds. The molecule has 0 saturated heterocycles. The average molecular weight is 314 g/mol. The number of imidazole rings is 1. The molecule has 8 heteroatoms. The van der Waals surface area contributed by atoms with Crippen molar-refractivity contribution >= 4 is 11.9 Å². The summed E-state index contributed by atoms with van der Waals surface area (Å²) in [6.07, 6.45) is 6.24. The van der Waals surface area contributed by atoms with Gasteiger partial charge in [-0.2, -0.15) is 4.98 Å². The Morgan fingerprint density at radius 3 is 3.00 bits per heavy atom. The number of aryl methyl sites for hydroxylation is 1. The van der Waals surface area contributed by atoms with Gasteiger partial charge in [-0.05, 0) is 18.6 Å². The number of anilines is 1. The molecule has 3 rings (SSSR count). The zero-order chi connectivity index (χ0) is 16.1. The van der Waals surface area contributed by atoms with Crippen molar-refractivity contribution in [2.75, 3.05) is 5.32 Å². The van der Waals surface area contributed by atoms with Crippen LogP contribution in [0.15, 0.2) is 43.0 Å². The lowest BCUT2D eigenvalue weighted by Crippen LogP contribution is -2.13. The van der Waals surface area contributed by atoms with Crippen molar-refractivity contribution < 1.29 is 9.18 Å². The molecule has 0 spiro atoms. The van der Waals surface area contributed by atoms with E-state index in [9.17, 15) is 9.18 Å². The fraction of sp³-hybridized carbons (Fsp3) is 0.200. The van der Waals surface area contributed by atoms with E-state index in [1.165, 1.54) is 6.07 Å². The molecule has 0 radical (unpaired) electrons. The zero-order valence-electron chi connectivity index (χ0n) is 12.2. The lowest BCUT2D eigenvalue weighted by Gasteiger charge is -2.02. The molecule has 0 atom stereocenters. The number of rotatable bonds is 6. The quantitative estimate of drug-likeness (QED) is 0.730. The first-order valence-corrected chi connectivity index (χ1v) is 7.15. The number of carbonyl (C=O) groups excluding carboxylic acids is 1. The molecule has 1 aromatic carbocycles. The minimum absolute atomic E-state index is 0.135. The lowest BCUT2D eigenvalue weighted by molar-refractivity contribution is -0.116. The minimum Gasteiger partial charge on any atom is -0.337 e. The fourth-order valence-electron chi connectivity index (χ4n) is 2.12. The van der Waals surface area contributed by atoms with Crippen molar-refractivity contribution in [2.24, 2.45) is 0 Å². The average Bonchev–Trinajstić information content (AvgIpc) is 3.20. The van der Waals surface area contributed by atoms with Crippen LogP contribution in [0, 0.1) is 5.82 Å². The molecule has 3 aromatic rings. The smallest absolute Gasteiger partial charge is 0.249 e. The third-order valence-electron chi connectivity index (χ3n) is 3.24. The van der Waals surface area contributed by atoms with E-state index in [4.69, 9.17) is 0 Å². The number of aromatic nitrogens is 5. The van der Waals surface area contributed by atoms with Gasteiger partial charge >= 0.3 is 0 Å². The first-order valence-electron chi connectivity index (χ1n) is 7.15. The van der Waals surface area contributed by atoms with Crippen molar-refractivity contribution in [3.8, 4) is 11.4 Å². The van der Waals surface area contributed by atoms with Crippen LogP contribution in [0.2, 0.25) is 0 Å². The molecule has 7 nitrogen and oxygen atoms in total. The zero-order valence-corrected chi connectivity index (χ0v) is 12.2. The highest BCUT2D eigenvalue weighted by Crippen LogP contribution is 2.19. The molecule has 0 aliphatic carbocycles. The SMILES string of the molecule is O=C(CCCn1ccnc1)Nc1n[nH]c(-c2ccccc2F)n1. The summed E-state index contributed by atoms with van der Waals surface area (Å²) < 4.78 is 15.6. The largest absolute Gasteiger partial charge is 0.337 e. The van der Waals surface area contributed by atoms with Gasteiger partial charge in [-0.3, -0.25) is 15.2 Å². The summed E-state index contributed by atoms with van der Waals surface area (Å²) in [4.78, 5) is 19.9. The first kappa shape index (κ1) is 14.9. The molecule has 0 bridgehead atoms. The number of aromatic amines is 1. The van der Waals surface area contributed by atoms with Gasteiger partial charge in [0.1, 0.15) is 5.82 Å². The number of hydrogen-bond donors (Lipinski definition) is 2. The predicted molar refractivity (Wildman–Crippen MR) is 81.9 cm³/mol. The van der Waals surface area contributed by atoms with E-state index in [0.717, 1.165) is 0 Å². The van der Waals surface area contributed by atoms with Crippen LogP contribution in [0.1, 0.15) is 12.8 Å². The Bertz CT molecular complexity index is 783. The van der Waals surface area contributed by atoms with Crippen molar-refractivity contribution in [2.45, 2.75) is 19.4 Å². The van der Waals surface area contributed by atoms with Crippen LogP contribution in [0.5, 0.6) is 0 Å². The summed E-state index contributed by atoms with van der Waals surface area (Å²) in [6, 6.07) is 6.23. The molecule has 2 heterocycles.